The van der Waals surface area contributed by atoms with Crippen LogP contribution >= 0.6 is 0 Å². The van der Waals surface area contributed by atoms with E-state index in [-0.39, 0.29) is 28.9 Å². The molecule has 0 aromatic heterocycles. The first-order valence-electron chi connectivity index (χ1n) is 17.2. The fourth-order valence-electron chi connectivity index (χ4n) is 9.57. The summed E-state index contributed by atoms with van der Waals surface area (Å²) in [6, 6.07) is 12.7. The molecule has 1 aliphatic carbocycles. The molecule has 0 unspecified atom stereocenters. The van der Waals surface area contributed by atoms with Crippen LogP contribution in [0.3, 0.4) is 0 Å². The minimum Gasteiger partial charge on any atom is -0.365 e. The second kappa shape index (κ2) is 9.66. The van der Waals surface area contributed by atoms with Crippen LogP contribution in [0.1, 0.15) is 86.8 Å². The van der Waals surface area contributed by atoms with Crippen molar-refractivity contribution in [3.05, 3.63) is 105 Å². The Labute approximate surface area is 276 Å². The number of rotatable bonds is 2. The summed E-state index contributed by atoms with van der Waals surface area (Å²) in [5.41, 5.74) is 13.6. The first-order chi connectivity index (χ1) is 22.4. The third-order valence-corrected chi connectivity index (χ3v) is 11.8. The van der Waals surface area contributed by atoms with Crippen LogP contribution in [0.15, 0.2) is 83.2 Å². The zero-order valence-corrected chi connectivity index (χ0v) is 28.0. The number of hydrogen-bond donors (Lipinski definition) is 0. The lowest BCUT2D eigenvalue weighted by Crippen LogP contribution is -2.46. The Bertz CT molecular complexity index is 1960. The molecule has 1 amide bonds. The summed E-state index contributed by atoms with van der Waals surface area (Å²) in [6.45, 7) is 17.3. The van der Waals surface area contributed by atoms with E-state index in [1.165, 1.54) is 44.9 Å². The summed E-state index contributed by atoms with van der Waals surface area (Å²) in [5.74, 6) is -0.269. The number of benzene rings is 2. The molecule has 1 saturated heterocycles. The highest BCUT2D eigenvalue weighted by atomic mass is 16.7. The Hall–Kier alpha value is -4.23. The molecule has 0 N–H and O–H groups in total. The van der Waals surface area contributed by atoms with Gasteiger partial charge in [0, 0.05) is 53.4 Å². The van der Waals surface area contributed by atoms with Crippen molar-refractivity contribution in [2.24, 2.45) is 5.92 Å². The maximum absolute atomic E-state index is 13.2. The number of hydrogen-bond acceptors (Lipinski definition) is 5. The standard InChI is InChI=1S/C40H42N3O4/c1-22-7-10-31-29(17-22)39(3,4)36-27-18-26-19-28-33(46-34(26)21-24(27)13-15-41(31)36)14-16-42-32-11-9-25(20-30(32)40(5,6)37(28)42)38(45)47-43-23(2)8-12-35(43)44/h7,9-11,17-20,24,33-34H,2,8,12-16,21H2,1,3-6H3/q+1/t24-,33-,34+/m1/s1. The molecule has 0 spiro atoms. The number of amides is 1. The Balaban J connectivity index is 1.09. The molecule has 0 bridgehead atoms. The second-order valence-corrected chi connectivity index (χ2v) is 15.5. The molecule has 240 valence electrons. The van der Waals surface area contributed by atoms with Crippen LogP contribution in [0.5, 0.6) is 0 Å². The quantitative estimate of drug-likeness (QED) is 0.333. The van der Waals surface area contributed by atoms with Gasteiger partial charge < -0.3 is 14.5 Å². The number of allylic oxidation sites excluding steroid dienone is 4. The maximum Gasteiger partial charge on any atom is 0.363 e. The van der Waals surface area contributed by atoms with Crippen molar-refractivity contribution in [3.63, 3.8) is 0 Å². The number of anilines is 1. The van der Waals surface area contributed by atoms with Gasteiger partial charge in [-0.25, -0.2) is 4.79 Å². The highest BCUT2D eigenvalue weighted by Gasteiger charge is 2.54. The van der Waals surface area contributed by atoms with E-state index in [0.29, 0.717) is 30.0 Å². The molecule has 6 aliphatic heterocycles. The van der Waals surface area contributed by atoms with Gasteiger partial charge in [-0.2, -0.15) is 4.58 Å². The number of fused-ring (bicyclic) bond motifs is 9. The van der Waals surface area contributed by atoms with E-state index in [0.717, 1.165) is 48.7 Å². The highest BCUT2D eigenvalue weighted by Crippen LogP contribution is 2.55. The van der Waals surface area contributed by atoms with Crippen molar-refractivity contribution in [2.75, 3.05) is 18.0 Å². The topological polar surface area (TPSA) is 62.1 Å². The van der Waals surface area contributed by atoms with Crippen LogP contribution in [-0.4, -0.2) is 52.5 Å². The first kappa shape index (κ1) is 29.0. The van der Waals surface area contributed by atoms with E-state index in [9.17, 15) is 9.59 Å². The summed E-state index contributed by atoms with van der Waals surface area (Å²) in [7, 11) is 0. The lowest BCUT2D eigenvalue weighted by molar-refractivity contribution is -0.445. The highest BCUT2D eigenvalue weighted by molar-refractivity contribution is 6.09. The van der Waals surface area contributed by atoms with Gasteiger partial charge in [0.2, 0.25) is 5.69 Å². The average Bonchev–Trinajstić information content (AvgIpc) is 3.58. The van der Waals surface area contributed by atoms with Gasteiger partial charge >= 0.3 is 5.97 Å². The molecule has 1 fully saturated rings. The molecule has 2 aromatic carbocycles. The van der Waals surface area contributed by atoms with Crippen molar-refractivity contribution in [3.8, 4) is 0 Å². The molecule has 3 atom stereocenters. The predicted octanol–water partition coefficient (Wildman–Crippen LogP) is 7.08. The smallest absolute Gasteiger partial charge is 0.363 e. The molecular weight excluding hydrogens is 586 g/mol. The van der Waals surface area contributed by atoms with Crippen LogP contribution in [-0.2, 0) is 25.2 Å². The third-order valence-electron chi connectivity index (χ3n) is 11.8. The summed E-state index contributed by atoms with van der Waals surface area (Å²) < 4.78 is 9.43. The Kier molecular flexibility index (Phi) is 5.95. The minimum atomic E-state index is -0.541. The average molecular weight is 629 g/mol. The number of aryl methyl sites for hydroxylation is 1. The molecule has 0 saturated carbocycles. The van der Waals surface area contributed by atoms with E-state index in [1.54, 1.807) is 0 Å². The normalized spacial score (nSPS) is 27.7. The van der Waals surface area contributed by atoms with Crippen LogP contribution in [0.4, 0.5) is 11.4 Å². The van der Waals surface area contributed by atoms with Gasteiger partial charge in [-0.1, -0.05) is 44.2 Å². The van der Waals surface area contributed by atoms with Crippen LogP contribution < -0.4 is 4.90 Å². The first-order valence-corrected chi connectivity index (χ1v) is 17.2. The number of nitrogens with zero attached hydrogens (tertiary/aromatic N) is 3. The van der Waals surface area contributed by atoms with E-state index in [1.807, 2.05) is 18.2 Å². The van der Waals surface area contributed by atoms with Crippen molar-refractivity contribution in [1.82, 2.24) is 5.06 Å². The number of ether oxygens (including phenoxy) is 1. The van der Waals surface area contributed by atoms with Crippen LogP contribution in [0.2, 0.25) is 0 Å². The molecule has 7 nitrogen and oxygen atoms in total. The predicted molar refractivity (Wildman–Crippen MR) is 181 cm³/mol. The third kappa shape index (κ3) is 3.98. The van der Waals surface area contributed by atoms with Crippen molar-refractivity contribution >= 4 is 29.0 Å². The fraction of sp³-hybridized carbons (Fsp3) is 0.425. The molecule has 6 heterocycles. The molecule has 0 radical (unpaired) electrons. The SMILES string of the molecule is C=C1CCC(=O)N1OC(=O)c1ccc2c(c1)C(C)(C)C1=[N+]2CC[C@H]2O[C@H]3C[C@H]4CCN5C(=C4C=C3C=C12)C(C)(C)c1cc(C)ccc15. The number of hydroxylamine groups is 2. The van der Waals surface area contributed by atoms with Crippen LogP contribution in [0, 0.1) is 12.8 Å². The summed E-state index contributed by atoms with van der Waals surface area (Å²) >= 11 is 0. The zero-order valence-electron chi connectivity index (χ0n) is 28.0. The van der Waals surface area contributed by atoms with E-state index in [4.69, 9.17) is 9.57 Å². The van der Waals surface area contributed by atoms with Crippen LogP contribution in [0.25, 0.3) is 0 Å². The molecule has 47 heavy (non-hydrogen) atoms. The lowest BCUT2D eigenvalue weighted by atomic mass is 9.71. The summed E-state index contributed by atoms with van der Waals surface area (Å²) in [6.07, 6.45) is 9.00. The molecule has 7 heteroatoms. The minimum absolute atomic E-state index is 0.0515. The maximum atomic E-state index is 13.2. The number of carbonyl (C=O) groups excluding carboxylic acids is 2. The second-order valence-electron chi connectivity index (χ2n) is 15.5. The monoisotopic (exact) mass is 628 g/mol. The Morgan fingerprint density at radius 2 is 1.83 bits per heavy atom. The van der Waals surface area contributed by atoms with Gasteiger partial charge in [0.15, 0.2) is 12.3 Å². The van der Waals surface area contributed by atoms with Gasteiger partial charge in [-0.05, 0) is 86.9 Å². The number of carbonyl (C=O) groups is 2. The molecule has 7 aliphatic rings. The van der Waals surface area contributed by atoms with Gasteiger partial charge in [0.25, 0.3) is 5.91 Å². The van der Waals surface area contributed by atoms with Gasteiger partial charge in [-0.15, -0.1) is 5.06 Å². The lowest BCUT2D eigenvalue weighted by Gasteiger charge is -2.44. The summed E-state index contributed by atoms with van der Waals surface area (Å²) in [4.78, 5) is 33.5. The van der Waals surface area contributed by atoms with Crippen molar-refractivity contribution in [1.29, 1.82) is 0 Å². The van der Waals surface area contributed by atoms with Gasteiger partial charge in [-0.3, -0.25) is 4.79 Å². The summed E-state index contributed by atoms with van der Waals surface area (Å²) in [5, 5.41) is 1.06. The van der Waals surface area contributed by atoms with Gasteiger partial charge in [0.1, 0.15) is 0 Å². The molecule has 9 rings (SSSR count). The van der Waals surface area contributed by atoms with Gasteiger partial charge in [0.05, 0.1) is 28.9 Å². The van der Waals surface area contributed by atoms with E-state index >= 15 is 0 Å². The Morgan fingerprint density at radius 3 is 2.62 bits per heavy atom. The molecule has 2 aromatic rings. The van der Waals surface area contributed by atoms with E-state index in [2.05, 4.69) is 81.0 Å². The fourth-order valence-corrected chi connectivity index (χ4v) is 9.57. The Morgan fingerprint density at radius 1 is 1.00 bits per heavy atom. The largest absolute Gasteiger partial charge is 0.365 e. The van der Waals surface area contributed by atoms with Crippen molar-refractivity contribution in [2.45, 2.75) is 89.8 Å². The van der Waals surface area contributed by atoms with Crippen molar-refractivity contribution < 1.29 is 23.7 Å². The zero-order chi connectivity index (χ0) is 32.6. The molecular formula is C40H42N3O4+. The van der Waals surface area contributed by atoms with E-state index < -0.39 is 5.97 Å².